The van der Waals surface area contributed by atoms with Crippen LogP contribution in [0.4, 0.5) is 5.69 Å². The Labute approximate surface area is 135 Å². The molecule has 0 spiro atoms. The Morgan fingerprint density at radius 1 is 0.955 bits per heavy atom. The predicted molar refractivity (Wildman–Crippen MR) is 92.3 cm³/mol. The smallest absolute Gasteiger partial charge is 0.0606 e. The van der Waals surface area contributed by atoms with Crippen molar-refractivity contribution >= 4 is 5.69 Å². The highest BCUT2D eigenvalue weighted by Crippen LogP contribution is 2.31. The van der Waals surface area contributed by atoms with E-state index in [2.05, 4.69) is 31.2 Å². The summed E-state index contributed by atoms with van der Waals surface area (Å²) in [6, 6.07) is 8.62. The zero-order valence-electron chi connectivity index (χ0n) is 13.9. The summed E-state index contributed by atoms with van der Waals surface area (Å²) < 4.78 is 0. The number of aliphatic hydroxyl groups excluding tert-OH is 2. The second-order valence-electron chi connectivity index (χ2n) is 6.77. The number of hydrogen-bond donors (Lipinski definition) is 2. The molecule has 1 saturated carbocycles. The van der Waals surface area contributed by atoms with Crippen LogP contribution in [0.15, 0.2) is 24.3 Å². The molecule has 0 aromatic heterocycles. The van der Waals surface area contributed by atoms with Gasteiger partial charge in [-0.3, -0.25) is 0 Å². The van der Waals surface area contributed by atoms with Crippen LogP contribution in [0.25, 0.3) is 0 Å². The van der Waals surface area contributed by atoms with Crippen molar-refractivity contribution in [3.8, 4) is 0 Å². The number of anilines is 1. The first-order chi connectivity index (χ1) is 10.7. The molecule has 0 aliphatic heterocycles. The highest BCUT2D eigenvalue weighted by Gasteiger charge is 2.17. The molecule has 0 amide bonds. The van der Waals surface area contributed by atoms with Gasteiger partial charge in [-0.25, -0.2) is 0 Å². The molecule has 1 aromatic rings. The van der Waals surface area contributed by atoms with Gasteiger partial charge in [0.1, 0.15) is 0 Å². The number of rotatable bonds is 8. The van der Waals surface area contributed by atoms with E-state index < -0.39 is 0 Å². The highest BCUT2D eigenvalue weighted by atomic mass is 16.3. The van der Waals surface area contributed by atoms with Gasteiger partial charge in [0.15, 0.2) is 0 Å². The zero-order chi connectivity index (χ0) is 15.8. The fraction of sp³-hybridized carbons (Fsp3) is 0.684. The van der Waals surface area contributed by atoms with Gasteiger partial charge in [-0.1, -0.05) is 44.7 Å². The molecule has 1 fully saturated rings. The molecule has 0 atom stereocenters. The maximum absolute atomic E-state index is 9.10. The molecular weight excluding hydrogens is 274 g/mol. The van der Waals surface area contributed by atoms with Gasteiger partial charge in [0, 0.05) is 18.8 Å². The first-order valence-corrected chi connectivity index (χ1v) is 8.78. The van der Waals surface area contributed by atoms with Crippen LogP contribution in [0.1, 0.15) is 44.6 Å². The van der Waals surface area contributed by atoms with Crippen molar-refractivity contribution in [2.75, 3.05) is 31.2 Å². The minimum Gasteiger partial charge on any atom is -0.395 e. The van der Waals surface area contributed by atoms with E-state index in [4.69, 9.17) is 10.2 Å². The minimum absolute atomic E-state index is 0.113. The minimum atomic E-state index is 0.113. The number of aliphatic hydroxyl groups is 2. The Kier molecular flexibility index (Phi) is 7.20. The lowest BCUT2D eigenvalue weighted by atomic mass is 9.80. The Bertz CT molecular complexity index is 404. The molecule has 0 radical (unpaired) electrons. The SMILES string of the molecule is CC1CCC(CCc2ccc(N(CCO)CCO)cc2)CC1. The van der Waals surface area contributed by atoms with Crippen LogP contribution in [-0.4, -0.2) is 36.5 Å². The van der Waals surface area contributed by atoms with Gasteiger partial charge >= 0.3 is 0 Å². The number of aryl methyl sites for hydroxylation is 1. The topological polar surface area (TPSA) is 43.7 Å². The molecular formula is C19H31NO2. The number of benzene rings is 1. The number of hydrogen-bond acceptors (Lipinski definition) is 3. The van der Waals surface area contributed by atoms with Gasteiger partial charge in [-0.2, -0.15) is 0 Å². The van der Waals surface area contributed by atoms with Crippen LogP contribution in [-0.2, 0) is 6.42 Å². The molecule has 22 heavy (non-hydrogen) atoms. The molecule has 1 aromatic carbocycles. The molecule has 2 N–H and O–H groups in total. The third-order valence-electron chi connectivity index (χ3n) is 5.02. The highest BCUT2D eigenvalue weighted by molar-refractivity contribution is 5.47. The van der Waals surface area contributed by atoms with Crippen molar-refractivity contribution in [3.05, 3.63) is 29.8 Å². The Balaban J connectivity index is 1.83. The van der Waals surface area contributed by atoms with Crippen LogP contribution in [0.2, 0.25) is 0 Å². The standard InChI is InChI=1S/C19H31NO2/c1-16-2-4-17(5-3-16)6-7-18-8-10-19(11-9-18)20(12-14-21)13-15-22/h8-11,16-17,21-22H,2-7,12-15H2,1H3. The summed E-state index contributed by atoms with van der Waals surface area (Å²) in [7, 11) is 0. The molecule has 3 heteroatoms. The Hall–Kier alpha value is -1.06. The molecule has 1 aliphatic rings. The maximum Gasteiger partial charge on any atom is 0.0606 e. The third kappa shape index (κ3) is 5.29. The first kappa shape index (κ1) is 17.3. The van der Waals surface area contributed by atoms with Crippen molar-refractivity contribution in [3.63, 3.8) is 0 Å². The second-order valence-corrected chi connectivity index (χ2v) is 6.77. The maximum atomic E-state index is 9.10. The summed E-state index contributed by atoms with van der Waals surface area (Å²) in [5.41, 5.74) is 2.48. The monoisotopic (exact) mass is 305 g/mol. The lowest BCUT2D eigenvalue weighted by Crippen LogP contribution is -2.29. The summed E-state index contributed by atoms with van der Waals surface area (Å²) in [6.07, 6.45) is 8.09. The van der Waals surface area contributed by atoms with Crippen molar-refractivity contribution in [2.24, 2.45) is 11.8 Å². The predicted octanol–water partition coefficient (Wildman–Crippen LogP) is 3.24. The van der Waals surface area contributed by atoms with Crippen LogP contribution in [0.5, 0.6) is 0 Å². The van der Waals surface area contributed by atoms with Crippen LogP contribution in [0, 0.1) is 11.8 Å². The van der Waals surface area contributed by atoms with Gasteiger partial charge in [0.2, 0.25) is 0 Å². The summed E-state index contributed by atoms with van der Waals surface area (Å²) in [4.78, 5) is 2.02. The van der Waals surface area contributed by atoms with Crippen molar-refractivity contribution in [2.45, 2.75) is 45.4 Å². The van der Waals surface area contributed by atoms with Gasteiger partial charge in [0.25, 0.3) is 0 Å². The molecule has 124 valence electrons. The van der Waals surface area contributed by atoms with Crippen LogP contribution < -0.4 is 4.90 Å². The van der Waals surface area contributed by atoms with E-state index in [1.807, 2.05) is 4.90 Å². The fourth-order valence-corrected chi connectivity index (χ4v) is 3.47. The summed E-state index contributed by atoms with van der Waals surface area (Å²) in [5, 5.41) is 18.2. The zero-order valence-corrected chi connectivity index (χ0v) is 13.9. The normalized spacial score (nSPS) is 21.8. The van der Waals surface area contributed by atoms with E-state index in [0.29, 0.717) is 13.1 Å². The van der Waals surface area contributed by atoms with E-state index >= 15 is 0 Å². The third-order valence-corrected chi connectivity index (χ3v) is 5.02. The molecule has 0 saturated heterocycles. The second kappa shape index (κ2) is 9.16. The fourth-order valence-electron chi connectivity index (χ4n) is 3.47. The first-order valence-electron chi connectivity index (χ1n) is 8.78. The molecule has 2 rings (SSSR count). The summed E-state index contributed by atoms with van der Waals surface area (Å²) in [5.74, 6) is 1.84. The van der Waals surface area contributed by atoms with E-state index in [1.165, 1.54) is 44.1 Å². The molecule has 1 aliphatic carbocycles. The largest absolute Gasteiger partial charge is 0.395 e. The summed E-state index contributed by atoms with van der Waals surface area (Å²) in [6.45, 7) is 3.74. The van der Waals surface area contributed by atoms with Crippen molar-refractivity contribution in [1.82, 2.24) is 0 Å². The average molecular weight is 305 g/mol. The van der Waals surface area contributed by atoms with E-state index in [0.717, 1.165) is 17.5 Å². The molecule has 0 unspecified atom stereocenters. The van der Waals surface area contributed by atoms with Gasteiger partial charge in [-0.15, -0.1) is 0 Å². The Morgan fingerprint density at radius 2 is 1.55 bits per heavy atom. The molecule has 0 bridgehead atoms. The van der Waals surface area contributed by atoms with E-state index in [-0.39, 0.29) is 13.2 Å². The number of nitrogens with zero attached hydrogens (tertiary/aromatic N) is 1. The molecule has 0 heterocycles. The summed E-state index contributed by atoms with van der Waals surface area (Å²) >= 11 is 0. The van der Waals surface area contributed by atoms with Gasteiger partial charge < -0.3 is 15.1 Å². The van der Waals surface area contributed by atoms with E-state index in [9.17, 15) is 0 Å². The van der Waals surface area contributed by atoms with Crippen molar-refractivity contribution < 1.29 is 10.2 Å². The van der Waals surface area contributed by atoms with Gasteiger partial charge in [-0.05, 0) is 42.4 Å². The average Bonchev–Trinajstić information content (AvgIpc) is 2.55. The lowest BCUT2D eigenvalue weighted by molar-refractivity contribution is 0.278. The van der Waals surface area contributed by atoms with Crippen molar-refractivity contribution in [1.29, 1.82) is 0 Å². The van der Waals surface area contributed by atoms with Crippen LogP contribution >= 0.6 is 0 Å². The Morgan fingerprint density at radius 3 is 2.09 bits per heavy atom. The molecule has 3 nitrogen and oxygen atoms in total. The lowest BCUT2D eigenvalue weighted by Gasteiger charge is -2.26. The van der Waals surface area contributed by atoms with E-state index in [1.54, 1.807) is 0 Å². The quantitative estimate of drug-likeness (QED) is 0.775. The van der Waals surface area contributed by atoms with Crippen LogP contribution in [0.3, 0.4) is 0 Å². The van der Waals surface area contributed by atoms with Gasteiger partial charge in [0.05, 0.1) is 13.2 Å².